The first-order valence-electron chi connectivity index (χ1n) is 9.55. The Labute approximate surface area is 176 Å². The van der Waals surface area contributed by atoms with E-state index in [2.05, 4.69) is 5.32 Å². The molecule has 0 unspecified atom stereocenters. The van der Waals surface area contributed by atoms with Gasteiger partial charge in [-0.05, 0) is 51.5 Å². The number of nitrogens with zero attached hydrogens (tertiary/aromatic N) is 2. The molecule has 0 aliphatic carbocycles. The van der Waals surface area contributed by atoms with Crippen LogP contribution in [-0.4, -0.2) is 72.6 Å². The summed E-state index contributed by atoms with van der Waals surface area (Å²) in [4.78, 5) is 39.7. The van der Waals surface area contributed by atoms with Gasteiger partial charge in [0, 0.05) is 31.2 Å². The Bertz CT molecular complexity index is 718. The van der Waals surface area contributed by atoms with Gasteiger partial charge in [-0.2, -0.15) is 0 Å². The lowest BCUT2D eigenvalue weighted by Crippen LogP contribution is -2.43. The summed E-state index contributed by atoms with van der Waals surface area (Å²) in [6.07, 6.45) is 0.276. The molecule has 1 N–H and O–H groups in total. The fraction of sp³-hybridized carbons (Fsp3) is 0.550. The van der Waals surface area contributed by atoms with E-state index >= 15 is 0 Å². The van der Waals surface area contributed by atoms with Gasteiger partial charge in [0.05, 0.1) is 6.54 Å². The molecule has 0 spiro atoms. The molecule has 0 radical (unpaired) electrons. The van der Waals surface area contributed by atoms with Gasteiger partial charge in [-0.25, -0.2) is 4.79 Å². The van der Waals surface area contributed by atoms with Crippen LogP contribution in [-0.2, 0) is 14.3 Å². The van der Waals surface area contributed by atoms with Crippen molar-refractivity contribution < 1.29 is 23.9 Å². The van der Waals surface area contributed by atoms with Gasteiger partial charge in [0.15, 0.2) is 6.61 Å². The van der Waals surface area contributed by atoms with Gasteiger partial charge in [0.1, 0.15) is 11.4 Å². The number of carbonyl (C=O) groups excluding carboxylic acids is 3. The van der Waals surface area contributed by atoms with Crippen molar-refractivity contribution in [2.45, 2.75) is 32.8 Å². The summed E-state index contributed by atoms with van der Waals surface area (Å²) in [5, 5.41) is 3.14. The Hall–Kier alpha value is -2.48. The normalized spacial score (nSPS) is 14.8. The number of carbonyl (C=O) groups is 3. The lowest BCUT2D eigenvalue weighted by molar-refractivity contribution is -0.133. The maximum Gasteiger partial charge on any atom is 0.410 e. The van der Waals surface area contributed by atoms with Crippen LogP contribution in [0.5, 0.6) is 5.75 Å². The summed E-state index contributed by atoms with van der Waals surface area (Å²) in [7, 11) is 0. The number of rotatable bonds is 5. The van der Waals surface area contributed by atoms with Crippen LogP contribution >= 0.6 is 11.6 Å². The highest BCUT2D eigenvalue weighted by Gasteiger charge is 2.26. The van der Waals surface area contributed by atoms with Crippen LogP contribution in [0.15, 0.2) is 24.3 Å². The number of benzene rings is 1. The first-order chi connectivity index (χ1) is 13.6. The first kappa shape index (κ1) is 22.8. The molecule has 8 nitrogen and oxygen atoms in total. The van der Waals surface area contributed by atoms with E-state index in [1.54, 1.807) is 34.1 Å². The van der Waals surface area contributed by atoms with Gasteiger partial charge in [-0.1, -0.05) is 11.6 Å². The molecule has 1 aromatic carbocycles. The molecular formula is C20H28ClN3O5. The zero-order valence-electron chi connectivity index (χ0n) is 17.1. The van der Waals surface area contributed by atoms with Crippen molar-refractivity contribution >= 4 is 29.5 Å². The zero-order valence-corrected chi connectivity index (χ0v) is 17.8. The van der Waals surface area contributed by atoms with Crippen LogP contribution in [0.3, 0.4) is 0 Å². The lowest BCUT2D eigenvalue weighted by atomic mass is 10.2. The quantitative estimate of drug-likeness (QED) is 0.782. The van der Waals surface area contributed by atoms with Gasteiger partial charge in [-0.15, -0.1) is 0 Å². The number of halogens is 1. The van der Waals surface area contributed by atoms with Gasteiger partial charge >= 0.3 is 6.09 Å². The lowest BCUT2D eigenvalue weighted by Gasteiger charge is -2.26. The van der Waals surface area contributed by atoms with E-state index in [9.17, 15) is 14.4 Å². The van der Waals surface area contributed by atoms with Crippen LogP contribution in [0.2, 0.25) is 5.02 Å². The standard InChI is InChI=1S/C20H28ClN3O5/c1-20(2,3)29-19(27)24-10-4-9-23(11-12-24)18(26)13-22-17(25)14-28-16-7-5-15(21)6-8-16/h5-8H,4,9-14H2,1-3H3,(H,22,25). The average Bonchev–Trinajstić information content (AvgIpc) is 2.90. The SMILES string of the molecule is CC(C)(C)OC(=O)N1CCCN(C(=O)CNC(=O)COc2ccc(Cl)cc2)CC1. The molecule has 0 saturated carbocycles. The third-order valence-electron chi connectivity index (χ3n) is 4.12. The van der Waals surface area contributed by atoms with Crippen molar-refractivity contribution in [3.63, 3.8) is 0 Å². The molecule has 1 heterocycles. The van der Waals surface area contributed by atoms with E-state index in [-0.39, 0.29) is 25.2 Å². The molecule has 9 heteroatoms. The molecule has 1 saturated heterocycles. The molecule has 0 bridgehead atoms. The average molecular weight is 426 g/mol. The van der Waals surface area contributed by atoms with Crippen molar-refractivity contribution in [2.24, 2.45) is 0 Å². The highest BCUT2D eigenvalue weighted by Crippen LogP contribution is 2.15. The number of nitrogens with one attached hydrogen (secondary N) is 1. The monoisotopic (exact) mass is 425 g/mol. The number of ether oxygens (including phenoxy) is 2. The number of hydrogen-bond acceptors (Lipinski definition) is 5. The summed E-state index contributed by atoms with van der Waals surface area (Å²) in [6, 6.07) is 6.65. The van der Waals surface area contributed by atoms with Crippen LogP contribution < -0.4 is 10.1 Å². The van der Waals surface area contributed by atoms with Crippen LogP contribution in [0, 0.1) is 0 Å². The Morgan fingerprint density at radius 1 is 1.03 bits per heavy atom. The minimum Gasteiger partial charge on any atom is -0.484 e. The third kappa shape index (κ3) is 8.19. The van der Waals surface area contributed by atoms with Crippen molar-refractivity contribution in [3.05, 3.63) is 29.3 Å². The Kier molecular flexibility index (Phi) is 8.13. The summed E-state index contributed by atoms with van der Waals surface area (Å²) in [5.41, 5.74) is -0.558. The fourth-order valence-corrected chi connectivity index (χ4v) is 2.82. The highest BCUT2D eigenvalue weighted by molar-refractivity contribution is 6.30. The molecule has 0 aromatic heterocycles. The van der Waals surface area contributed by atoms with E-state index in [4.69, 9.17) is 21.1 Å². The second-order valence-corrected chi connectivity index (χ2v) is 8.16. The summed E-state index contributed by atoms with van der Waals surface area (Å²) < 4.78 is 10.7. The molecule has 1 aromatic rings. The van der Waals surface area contributed by atoms with Gasteiger partial charge in [0.2, 0.25) is 5.91 Å². The number of hydrogen-bond donors (Lipinski definition) is 1. The smallest absolute Gasteiger partial charge is 0.410 e. The van der Waals surface area contributed by atoms with Gasteiger partial charge in [0.25, 0.3) is 5.91 Å². The molecule has 160 valence electrons. The summed E-state index contributed by atoms with van der Waals surface area (Å²) >= 11 is 5.79. The van der Waals surface area contributed by atoms with Crippen LogP contribution in [0.1, 0.15) is 27.2 Å². The summed E-state index contributed by atoms with van der Waals surface area (Å²) in [5.74, 6) is -0.0694. The van der Waals surface area contributed by atoms with Crippen LogP contribution in [0.25, 0.3) is 0 Å². The minimum absolute atomic E-state index is 0.116. The van der Waals surface area contributed by atoms with Crippen molar-refractivity contribution in [2.75, 3.05) is 39.3 Å². The molecule has 2 rings (SSSR count). The summed E-state index contributed by atoms with van der Waals surface area (Å²) in [6.45, 7) is 6.99. The van der Waals surface area contributed by atoms with E-state index in [0.717, 1.165) is 0 Å². The largest absolute Gasteiger partial charge is 0.484 e. The van der Waals surface area contributed by atoms with Gasteiger partial charge < -0.3 is 24.6 Å². The molecule has 1 aliphatic rings. The van der Waals surface area contributed by atoms with Crippen molar-refractivity contribution in [3.8, 4) is 5.75 Å². The van der Waals surface area contributed by atoms with Crippen molar-refractivity contribution in [1.82, 2.24) is 15.1 Å². The third-order valence-corrected chi connectivity index (χ3v) is 4.37. The predicted octanol–water partition coefficient (Wildman–Crippen LogP) is 2.30. The fourth-order valence-electron chi connectivity index (χ4n) is 2.69. The molecule has 0 atom stereocenters. The Morgan fingerprint density at radius 2 is 1.66 bits per heavy atom. The topological polar surface area (TPSA) is 88.2 Å². The van der Waals surface area contributed by atoms with Crippen molar-refractivity contribution in [1.29, 1.82) is 0 Å². The van der Waals surface area contributed by atoms with Crippen LogP contribution in [0.4, 0.5) is 4.79 Å². The maximum atomic E-state index is 12.4. The van der Waals surface area contributed by atoms with E-state index in [1.807, 2.05) is 20.8 Å². The van der Waals surface area contributed by atoms with E-state index in [1.165, 1.54) is 0 Å². The minimum atomic E-state index is -0.558. The molecular weight excluding hydrogens is 398 g/mol. The highest BCUT2D eigenvalue weighted by atomic mass is 35.5. The first-order valence-corrected chi connectivity index (χ1v) is 9.92. The van der Waals surface area contributed by atoms with E-state index < -0.39 is 11.5 Å². The predicted molar refractivity (Wildman–Crippen MR) is 109 cm³/mol. The Balaban J connectivity index is 1.72. The number of amides is 3. The molecule has 1 fully saturated rings. The molecule has 29 heavy (non-hydrogen) atoms. The molecule has 3 amide bonds. The maximum absolute atomic E-state index is 12.4. The second kappa shape index (κ2) is 10.3. The van der Waals surface area contributed by atoms with Gasteiger partial charge in [-0.3, -0.25) is 9.59 Å². The zero-order chi connectivity index (χ0) is 21.4. The Morgan fingerprint density at radius 3 is 2.31 bits per heavy atom. The van der Waals surface area contributed by atoms with E-state index in [0.29, 0.717) is 43.4 Å². The molecule has 1 aliphatic heterocycles. The second-order valence-electron chi connectivity index (χ2n) is 7.72.